The molecule has 3 heterocycles. The van der Waals surface area contributed by atoms with Gasteiger partial charge in [0.1, 0.15) is 5.69 Å². The number of pyridine rings is 1. The Morgan fingerprint density at radius 1 is 1.18 bits per heavy atom. The topological polar surface area (TPSA) is 71.0 Å². The summed E-state index contributed by atoms with van der Waals surface area (Å²) >= 11 is 0. The molecule has 0 unspecified atom stereocenters. The fourth-order valence-corrected chi connectivity index (χ4v) is 4.36. The minimum Gasteiger partial charge on any atom is -0.345 e. The summed E-state index contributed by atoms with van der Waals surface area (Å²) in [6, 6.07) is 5.88. The number of rotatable bonds is 5. The van der Waals surface area contributed by atoms with Gasteiger partial charge in [0.05, 0.1) is 0 Å². The van der Waals surface area contributed by atoms with Crippen molar-refractivity contribution in [3.05, 3.63) is 47.0 Å². The van der Waals surface area contributed by atoms with Crippen LogP contribution in [0.2, 0.25) is 0 Å². The van der Waals surface area contributed by atoms with Crippen LogP contribution in [0, 0.1) is 19.8 Å². The summed E-state index contributed by atoms with van der Waals surface area (Å²) < 4.78 is 0. The third-order valence-corrected chi connectivity index (χ3v) is 6.15. The van der Waals surface area contributed by atoms with E-state index >= 15 is 0 Å². The average Bonchev–Trinajstić information content (AvgIpc) is 3.48. The lowest BCUT2D eigenvalue weighted by atomic mass is 9.87. The maximum Gasteiger partial charge on any atom is 0.270 e. The molecule has 2 fully saturated rings. The molecule has 6 nitrogen and oxygen atoms in total. The normalized spacial score (nSPS) is 18.8. The van der Waals surface area contributed by atoms with E-state index in [4.69, 9.17) is 0 Å². The van der Waals surface area contributed by atoms with Gasteiger partial charge in [0.15, 0.2) is 0 Å². The molecule has 2 aromatic rings. The van der Waals surface area contributed by atoms with E-state index in [9.17, 15) is 4.79 Å². The molecule has 2 aromatic heterocycles. The Labute approximate surface area is 166 Å². The molecule has 1 N–H and O–H groups in total. The molecule has 28 heavy (non-hydrogen) atoms. The van der Waals surface area contributed by atoms with E-state index in [1.165, 1.54) is 0 Å². The fourth-order valence-electron chi connectivity index (χ4n) is 4.36. The smallest absolute Gasteiger partial charge is 0.270 e. The number of nitrogens with one attached hydrogen (secondary N) is 1. The van der Waals surface area contributed by atoms with Crippen molar-refractivity contribution in [2.24, 2.45) is 5.92 Å². The van der Waals surface area contributed by atoms with Crippen LogP contribution >= 0.6 is 0 Å². The number of nitrogens with zero attached hydrogens (tertiary/aromatic N) is 4. The first-order valence-corrected chi connectivity index (χ1v) is 10.3. The van der Waals surface area contributed by atoms with Gasteiger partial charge in [-0.15, -0.1) is 0 Å². The summed E-state index contributed by atoms with van der Waals surface area (Å²) in [6.45, 7) is 8.00. The first-order valence-electron chi connectivity index (χ1n) is 10.3. The van der Waals surface area contributed by atoms with E-state index in [1.807, 2.05) is 32.0 Å². The van der Waals surface area contributed by atoms with E-state index in [0.29, 0.717) is 11.6 Å². The molecule has 6 heteroatoms. The van der Waals surface area contributed by atoms with E-state index in [1.54, 1.807) is 6.20 Å². The van der Waals surface area contributed by atoms with Crippen LogP contribution < -0.4 is 10.2 Å². The molecule has 0 bridgehead atoms. The van der Waals surface area contributed by atoms with E-state index in [0.717, 1.165) is 68.1 Å². The van der Waals surface area contributed by atoms with Gasteiger partial charge in [0.25, 0.3) is 5.91 Å². The number of anilines is 1. The lowest BCUT2D eigenvalue weighted by Crippen LogP contribution is -2.47. The molecule has 0 aromatic carbocycles. The molecule has 4 rings (SSSR count). The summed E-state index contributed by atoms with van der Waals surface area (Å²) in [5.41, 5.74) is 3.66. The number of aryl methyl sites for hydroxylation is 3. The molecule has 1 saturated heterocycles. The Morgan fingerprint density at radius 3 is 2.46 bits per heavy atom. The van der Waals surface area contributed by atoms with Gasteiger partial charge in [0, 0.05) is 36.2 Å². The number of amides is 1. The summed E-state index contributed by atoms with van der Waals surface area (Å²) in [5.74, 6) is 1.31. The predicted octanol–water partition coefficient (Wildman–Crippen LogP) is 3.23. The third kappa shape index (κ3) is 3.86. The van der Waals surface area contributed by atoms with Crippen molar-refractivity contribution in [3.8, 4) is 0 Å². The molecule has 1 amide bonds. The number of hydrogen-bond acceptors (Lipinski definition) is 5. The highest BCUT2D eigenvalue weighted by atomic mass is 16.2. The van der Waals surface area contributed by atoms with Gasteiger partial charge in [-0.25, -0.2) is 9.97 Å². The Hall–Kier alpha value is -2.50. The Balaban J connectivity index is 1.39. The molecule has 1 aliphatic carbocycles. The molecular weight excluding hydrogens is 350 g/mol. The van der Waals surface area contributed by atoms with Gasteiger partial charge in [-0.2, -0.15) is 0 Å². The van der Waals surface area contributed by atoms with E-state index in [-0.39, 0.29) is 11.4 Å². The molecule has 0 radical (unpaired) electrons. The first-order chi connectivity index (χ1) is 13.5. The largest absolute Gasteiger partial charge is 0.345 e. The Bertz CT molecular complexity index is 849. The summed E-state index contributed by atoms with van der Waals surface area (Å²) in [6.07, 6.45) is 6.88. The minimum absolute atomic E-state index is 0.0344. The molecule has 1 saturated carbocycles. The van der Waals surface area contributed by atoms with Crippen molar-refractivity contribution in [1.29, 1.82) is 0 Å². The summed E-state index contributed by atoms with van der Waals surface area (Å²) in [4.78, 5) is 28.5. The lowest BCUT2D eigenvalue weighted by Gasteiger charge is -2.37. The number of carbonyl (C=O) groups is 1. The first kappa shape index (κ1) is 18.8. The maximum absolute atomic E-state index is 12.8. The second-order valence-corrected chi connectivity index (χ2v) is 8.23. The van der Waals surface area contributed by atoms with Crippen LogP contribution in [0.15, 0.2) is 24.4 Å². The minimum atomic E-state index is -0.0452. The fraction of sp³-hybridized carbons (Fsp3) is 0.545. The Kier molecular flexibility index (Phi) is 5.04. The number of aromatic nitrogens is 3. The van der Waals surface area contributed by atoms with Crippen LogP contribution in [0.25, 0.3) is 0 Å². The average molecular weight is 380 g/mol. The van der Waals surface area contributed by atoms with Crippen molar-refractivity contribution in [3.63, 3.8) is 0 Å². The van der Waals surface area contributed by atoms with Gasteiger partial charge in [-0.3, -0.25) is 9.78 Å². The molecule has 0 spiro atoms. The lowest BCUT2D eigenvalue weighted by molar-refractivity contribution is 0.0901. The van der Waals surface area contributed by atoms with Crippen molar-refractivity contribution >= 4 is 11.9 Å². The zero-order valence-electron chi connectivity index (χ0n) is 17.0. The van der Waals surface area contributed by atoms with E-state index in [2.05, 4.69) is 32.1 Å². The molecular formula is C22H29N5O. The van der Waals surface area contributed by atoms with Crippen LogP contribution in [0.5, 0.6) is 0 Å². The second kappa shape index (κ2) is 7.49. The number of hydrogen-bond donors (Lipinski definition) is 1. The molecule has 2 aliphatic rings. The molecule has 148 valence electrons. The van der Waals surface area contributed by atoms with Gasteiger partial charge < -0.3 is 10.2 Å². The summed E-state index contributed by atoms with van der Waals surface area (Å²) in [5, 5.41) is 3.33. The maximum atomic E-state index is 12.8. The predicted molar refractivity (Wildman–Crippen MR) is 109 cm³/mol. The number of piperidine rings is 1. The van der Waals surface area contributed by atoms with Crippen molar-refractivity contribution in [2.45, 2.75) is 58.4 Å². The van der Waals surface area contributed by atoms with Gasteiger partial charge >= 0.3 is 0 Å². The van der Waals surface area contributed by atoms with Crippen LogP contribution in [0.3, 0.4) is 0 Å². The van der Waals surface area contributed by atoms with Gasteiger partial charge in [0.2, 0.25) is 5.95 Å². The van der Waals surface area contributed by atoms with Gasteiger partial charge in [-0.1, -0.05) is 6.92 Å². The van der Waals surface area contributed by atoms with Crippen molar-refractivity contribution < 1.29 is 4.79 Å². The molecule has 0 atom stereocenters. The third-order valence-electron chi connectivity index (χ3n) is 6.15. The van der Waals surface area contributed by atoms with Crippen LogP contribution in [0.1, 0.15) is 60.0 Å². The van der Waals surface area contributed by atoms with Gasteiger partial charge in [-0.05, 0) is 75.6 Å². The highest BCUT2D eigenvalue weighted by Crippen LogP contribution is 2.47. The monoisotopic (exact) mass is 379 g/mol. The number of carbonyl (C=O) groups excluding carboxylic acids is 1. The zero-order valence-corrected chi connectivity index (χ0v) is 17.0. The highest BCUT2D eigenvalue weighted by Gasteiger charge is 2.51. The van der Waals surface area contributed by atoms with Crippen molar-refractivity contribution in [1.82, 2.24) is 20.3 Å². The molecule has 1 aliphatic heterocycles. The highest BCUT2D eigenvalue weighted by molar-refractivity contribution is 5.93. The Morgan fingerprint density at radius 2 is 1.86 bits per heavy atom. The summed E-state index contributed by atoms with van der Waals surface area (Å²) in [7, 11) is 0. The van der Waals surface area contributed by atoms with Crippen molar-refractivity contribution in [2.75, 3.05) is 18.0 Å². The van der Waals surface area contributed by atoms with Crippen LogP contribution in [-0.4, -0.2) is 39.5 Å². The quantitative estimate of drug-likeness (QED) is 0.864. The van der Waals surface area contributed by atoms with Crippen LogP contribution in [-0.2, 0) is 6.42 Å². The standard InChI is InChI=1S/C22H29N5O/c1-4-17-5-10-23-19(14-17)20(28)26-22(8-9-22)18-6-11-27(12-7-18)21-24-15(2)13-16(3)25-21/h5,10,13-14,18H,4,6-9,11-12H2,1-3H3,(H,26,28). The zero-order chi connectivity index (χ0) is 19.7. The van der Waals surface area contributed by atoms with Crippen LogP contribution in [0.4, 0.5) is 5.95 Å². The SMILES string of the molecule is CCc1ccnc(C(=O)NC2(C3CCN(c4nc(C)cc(C)n4)CC3)CC2)c1. The van der Waals surface area contributed by atoms with E-state index < -0.39 is 0 Å². The second-order valence-electron chi connectivity index (χ2n) is 8.23.